The summed E-state index contributed by atoms with van der Waals surface area (Å²) >= 11 is 6.32. The second kappa shape index (κ2) is 9.21. The molecular formula is C22H21ClN4O2. The van der Waals surface area contributed by atoms with Crippen LogP contribution in [0.3, 0.4) is 0 Å². The van der Waals surface area contributed by atoms with Crippen LogP contribution in [0.1, 0.15) is 21.6 Å². The van der Waals surface area contributed by atoms with Gasteiger partial charge in [-0.25, -0.2) is 4.79 Å². The summed E-state index contributed by atoms with van der Waals surface area (Å²) in [4.78, 5) is 30.7. The highest BCUT2D eigenvalue weighted by Crippen LogP contribution is 2.27. The summed E-state index contributed by atoms with van der Waals surface area (Å²) in [7, 11) is 1.68. The maximum absolute atomic E-state index is 12.6. The molecule has 2 N–H and O–H groups in total. The summed E-state index contributed by atoms with van der Waals surface area (Å²) < 4.78 is 0. The summed E-state index contributed by atoms with van der Waals surface area (Å²) in [6.45, 7) is 2.19. The number of hydrogen-bond donors (Lipinski definition) is 2. The molecule has 0 unspecified atom stereocenters. The van der Waals surface area contributed by atoms with E-state index in [1.54, 1.807) is 43.6 Å². The maximum Gasteiger partial charge on any atom is 0.321 e. The van der Waals surface area contributed by atoms with Crippen molar-refractivity contribution in [2.75, 3.05) is 17.7 Å². The lowest BCUT2D eigenvalue weighted by Crippen LogP contribution is -2.31. The first-order valence-electron chi connectivity index (χ1n) is 9.03. The topological polar surface area (TPSA) is 74.3 Å². The van der Waals surface area contributed by atoms with Crippen LogP contribution in [0, 0.1) is 6.92 Å². The highest BCUT2D eigenvalue weighted by molar-refractivity contribution is 6.34. The molecule has 2 aromatic carbocycles. The van der Waals surface area contributed by atoms with E-state index in [-0.39, 0.29) is 24.2 Å². The van der Waals surface area contributed by atoms with Crippen LogP contribution >= 0.6 is 11.6 Å². The van der Waals surface area contributed by atoms with Gasteiger partial charge in [-0.3, -0.25) is 9.78 Å². The van der Waals surface area contributed by atoms with Gasteiger partial charge in [-0.15, -0.1) is 0 Å². The third-order valence-electron chi connectivity index (χ3n) is 4.38. The van der Waals surface area contributed by atoms with Gasteiger partial charge in [0.05, 0.1) is 10.7 Å². The predicted molar refractivity (Wildman–Crippen MR) is 115 cm³/mol. The maximum atomic E-state index is 12.6. The molecule has 0 aliphatic heterocycles. The van der Waals surface area contributed by atoms with Crippen molar-refractivity contribution in [3.8, 4) is 0 Å². The van der Waals surface area contributed by atoms with E-state index in [0.29, 0.717) is 16.3 Å². The van der Waals surface area contributed by atoms with Crippen LogP contribution < -0.4 is 10.6 Å². The zero-order valence-corrected chi connectivity index (χ0v) is 16.9. The standard InChI is InChI=1S/C22H21ClN4O2/c1-15-8-3-4-11-18(15)25-22(29)27(2)14-16-9-7-10-17(23)20(16)26-21(28)19-12-5-6-13-24-19/h3-13H,14H2,1-2H3,(H,25,29)(H,26,28). The summed E-state index contributed by atoms with van der Waals surface area (Å²) in [5.74, 6) is -0.369. The van der Waals surface area contributed by atoms with Crippen molar-refractivity contribution in [2.45, 2.75) is 13.5 Å². The van der Waals surface area contributed by atoms with Crippen molar-refractivity contribution in [2.24, 2.45) is 0 Å². The highest BCUT2D eigenvalue weighted by Gasteiger charge is 2.17. The van der Waals surface area contributed by atoms with Crippen molar-refractivity contribution in [3.63, 3.8) is 0 Å². The van der Waals surface area contributed by atoms with Crippen molar-refractivity contribution in [3.05, 3.63) is 88.7 Å². The van der Waals surface area contributed by atoms with E-state index >= 15 is 0 Å². The molecule has 1 heterocycles. The Labute approximate surface area is 174 Å². The molecule has 0 radical (unpaired) electrons. The zero-order valence-electron chi connectivity index (χ0n) is 16.1. The number of carbonyl (C=O) groups is 2. The van der Waals surface area contributed by atoms with Gasteiger partial charge < -0.3 is 15.5 Å². The number of rotatable bonds is 5. The number of nitrogens with one attached hydrogen (secondary N) is 2. The molecule has 0 saturated carbocycles. The Kier molecular flexibility index (Phi) is 6.46. The van der Waals surface area contributed by atoms with Crippen molar-refractivity contribution < 1.29 is 9.59 Å². The van der Waals surface area contributed by atoms with E-state index < -0.39 is 0 Å². The molecule has 29 heavy (non-hydrogen) atoms. The van der Waals surface area contributed by atoms with E-state index in [9.17, 15) is 9.59 Å². The second-order valence-electron chi connectivity index (χ2n) is 6.54. The van der Waals surface area contributed by atoms with Gasteiger partial charge >= 0.3 is 6.03 Å². The molecule has 0 bridgehead atoms. The van der Waals surface area contributed by atoms with Crippen LogP contribution in [0.5, 0.6) is 0 Å². The van der Waals surface area contributed by atoms with E-state index in [1.165, 1.54) is 4.90 Å². The third kappa shape index (κ3) is 5.12. The molecule has 6 nitrogen and oxygen atoms in total. The van der Waals surface area contributed by atoms with Crippen LogP contribution in [-0.4, -0.2) is 28.9 Å². The number of hydrogen-bond acceptors (Lipinski definition) is 3. The number of urea groups is 1. The molecule has 148 valence electrons. The molecule has 3 amide bonds. The van der Waals surface area contributed by atoms with Crippen LogP contribution in [-0.2, 0) is 6.54 Å². The number of pyridine rings is 1. The molecule has 0 atom stereocenters. The van der Waals surface area contributed by atoms with Crippen LogP contribution in [0.25, 0.3) is 0 Å². The fraction of sp³-hybridized carbons (Fsp3) is 0.136. The second-order valence-corrected chi connectivity index (χ2v) is 6.95. The summed E-state index contributed by atoms with van der Waals surface area (Å²) in [6.07, 6.45) is 1.55. The van der Waals surface area contributed by atoms with Crippen molar-refractivity contribution >= 4 is 34.9 Å². The minimum Gasteiger partial charge on any atom is -0.323 e. The van der Waals surface area contributed by atoms with Gasteiger partial charge in [0.1, 0.15) is 5.69 Å². The van der Waals surface area contributed by atoms with Gasteiger partial charge in [0.2, 0.25) is 0 Å². The molecule has 0 aliphatic rings. The largest absolute Gasteiger partial charge is 0.323 e. The Morgan fingerprint density at radius 3 is 2.48 bits per heavy atom. The number of para-hydroxylation sites is 2. The molecule has 0 spiro atoms. The average Bonchev–Trinajstić information content (AvgIpc) is 2.72. The normalized spacial score (nSPS) is 10.3. The molecule has 3 rings (SSSR count). The minimum atomic E-state index is -0.369. The van der Waals surface area contributed by atoms with Gasteiger partial charge in [0.15, 0.2) is 0 Å². The number of carbonyl (C=O) groups excluding carboxylic acids is 2. The lowest BCUT2D eigenvalue weighted by Gasteiger charge is -2.21. The molecule has 1 aromatic heterocycles. The molecule has 0 aliphatic carbocycles. The highest BCUT2D eigenvalue weighted by atomic mass is 35.5. The van der Waals surface area contributed by atoms with Gasteiger partial charge in [0, 0.05) is 25.5 Å². The number of anilines is 2. The fourth-order valence-electron chi connectivity index (χ4n) is 2.77. The van der Waals surface area contributed by atoms with E-state index in [1.807, 2.05) is 37.3 Å². The Bertz CT molecular complexity index is 1020. The Morgan fingerprint density at radius 1 is 1.00 bits per heavy atom. The average molecular weight is 409 g/mol. The summed E-state index contributed by atoms with van der Waals surface area (Å²) in [5, 5.41) is 6.08. The van der Waals surface area contributed by atoms with E-state index in [2.05, 4.69) is 15.6 Å². The number of aromatic nitrogens is 1. The lowest BCUT2D eigenvalue weighted by atomic mass is 10.1. The Hall–Kier alpha value is -3.38. The number of amides is 3. The third-order valence-corrected chi connectivity index (χ3v) is 4.69. The molecular weight excluding hydrogens is 388 g/mol. The number of halogens is 1. The lowest BCUT2D eigenvalue weighted by molar-refractivity contribution is 0.102. The quantitative estimate of drug-likeness (QED) is 0.626. The van der Waals surface area contributed by atoms with Crippen molar-refractivity contribution in [1.82, 2.24) is 9.88 Å². The molecule has 3 aromatic rings. The van der Waals surface area contributed by atoms with Crippen LogP contribution in [0.4, 0.5) is 16.2 Å². The molecule has 0 saturated heterocycles. The summed E-state index contributed by atoms with van der Waals surface area (Å²) in [5.41, 5.74) is 3.17. The number of nitrogens with zero attached hydrogens (tertiary/aromatic N) is 2. The molecule has 7 heteroatoms. The minimum absolute atomic E-state index is 0.260. The fourth-order valence-corrected chi connectivity index (χ4v) is 3.01. The van der Waals surface area contributed by atoms with E-state index in [4.69, 9.17) is 11.6 Å². The monoisotopic (exact) mass is 408 g/mol. The van der Waals surface area contributed by atoms with E-state index in [0.717, 1.165) is 11.3 Å². The van der Waals surface area contributed by atoms with Gasteiger partial charge in [-0.2, -0.15) is 0 Å². The van der Waals surface area contributed by atoms with Crippen LogP contribution in [0.15, 0.2) is 66.9 Å². The number of aryl methyl sites for hydroxylation is 1. The zero-order chi connectivity index (χ0) is 20.8. The van der Waals surface area contributed by atoms with Crippen molar-refractivity contribution in [1.29, 1.82) is 0 Å². The van der Waals surface area contributed by atoms with Gasteiger partial charge in [-0.05, 0) is 42.3 Å². The van der Waals surface area contributed by atoms with Gasteiger partial charge in [0.25, 0.3) is 5.91 Å². The van der Waals surface area contributed by atoms with Gasteiger partial charge in [-0.1, -0.05) is 48.0 Å². The first kappa shape index (κ1) is 20.4. The summed E-state index contributed by atoms with van der Waals surface area (Å²) in [6, 6.07) is 17.7. The first-order valence-corrected chi connectivity index (χ1v) is 9.41. The molecule has 0 fully saturated rings. The van der Waals surface area contributed by atoms with Crippen LogP contribution in [0.2, 0.25) is 5.02 Å². The first-order chi connectivity index (χ1) is 14.0. The SMILES string of the molecule is Cc1ccccc1NC(=O)N(C)Cc1cccc(Cl)c1NC(=O)c1ccccn1. The Balaban J connectivity index is 1.75. The Morgan fingerprint density at radius 2 is 1.76 bits per heavy atom. The number of benzene rings is 2. The predicted octanol–water partition coefficient (Wildman–Crippen LogP) is 4.96. The smallest absolute Gasteiger partial charge is 0.321 e.